The summed E-state index contributed by atoms with van der Waals surface area (Å²) < 4.78 is 0. The summed E-state index contributed by atoms with van der Waals surface area (Å²) in [6.07, 6.45) is 21.4. The molecule has 0 aliphatic rings. The number of unbranched alkanes of at least 4 members (excludes halogenated alkanes) is 14. The van der Waals surface area contributed by atoms with Crippen LogP contribution in [0.25, 0.3) is 0 Å². The number of carbonyl (C=O) groups is 1. The lowest BCUT2D eigenvalue weighted by molar-refractivity contribution is -0.116. The van der Waals surface area contributed by atoms with E-state index in [9.17, 15) is 4.79 Å². The van der Waals surface area contributed by atoms with Gasteiger partial charge in [0.1, 0.15) is 5.78 Å². The largest absolute Gasteiger partial charge is 0.299 e. The molecule has 1 nitrogen and oxygen atoms in total. The van der Waals surface area contributed by atoms with Crippen LogP contribution in [0.5, 0.6) is 0 Å². The van der Waals surface area contributed by atoms with Crippen LogP contribution in [-0.4, -0.2) is 11.1 Å². The van der Waals surface area contributed by atoms with Crippen LogP contribution < -0.4 is 0 Å². The van der Waals surface area contributed by atoms with Crippen LogP contribution in [0.1, 0.15) is 110 Å². The molecule has 2 heteroatoms. The highest BCUT2D eigenvalue weighted by atomic mass is 79.9. The van der Waals surface area contributed by atoms with E-state index >= 15 is 0 Å². The molecular formula is C19H37BrO. The molecule has 0 saturated carbocycles. The van der Waals surface area contributed by atoms with E-state index in [2.05, 4.69) is 22.9 Å². The van der Waals surface area contributed by atoms with Crippen molar-refractivity contribution in [3.8, 4) is 0 Å². The number of halogens is 1. The highest BCUT2D eigenvalue weighted by Gasteiger charge is 1.98. The third kappa shape index (κ3) is 18.1. The standard InChI is InChI=1S/C19H37BrO/c1-2-3-4-5-6-7-8-9-10-11-12-13-14-15-16-17-19(21)18-20/h2-18H2,1H3. The zero-order chi connectivity index (χ0) is 15.6. The maximum atomic E-state index is 11.1. The van der Waals surface area contributed by atoms with Crippen LogP contribution in [-0.2, 0) is 4.79 Å². The van der Waals surface area contributed by atoms with Crippen molar-refractivity contribution in [1.29, 1.82) is 0 Å². The second-order valence-corrected chi connectivity index (χ2v) is 6.93. The zero-order valence-corrected chi connectivity index (χ0v) is 15.9. The molecule has 0 aromatic rings. The Bertz CT molecular complexity index is 216. The molecule has 0 saturated heterocycles. The van der Waals surface area contributed by atoms with Gasteiger partial charge < -0.3 is 0 Å². The molecule has 0 unspecified atom stereocenters. The first-order valence-corrected chi connectivity index (χ1v) is 10.5. The Kier molecular flexibility index (Phi) is 18.3. The number of Topliss-reactive ketones (excluding diaryl/α,β-unsaturated/α-hetero) is 1. The van der Waals surface area contributed by atoms with Crippen LogP contribution >= 0.6 is 15.9 Å². The van der Waals surface area contributed by atoms with Gasteiger partial charge in [-0.2, -0.15) is 0 Å². The van der Waals surface area contributed by atoms with Crippen LogP contribution in [0, 0.1) is 0 Å². The number of alkyl halides is 1. The highest BCUT2D eigenvalue weighted by molar-refractivity contribution is 9.09. The average Bonchev–Trinajstić information content (AvgIpc) is 2.50. The smallest absolute Gasteiger partial charge is 0.143 e. The van der Waals surface area contributed by atoms with Gasteiger partial charge in [-0.1, -0.05) is 113 Å². The fourth-order valence-corrected chi connectivity index (χ4v) is 3.04. The zero-order valence-electron chi connectivity index (χ0n) is 14.3. The van der Waals surface area contributed by atoms with Gasteiger partial charge in [0.15, 0.2) is 0 Å². The lowest BCUT2D eigenvalue weighted by Gasteiger charge is -2.03. The van der Waals surface area contributed by atoms with Gasteiger partial charge in [-0.25, -0.2) is 0 Å². The van der Waals surface area contributed by atoms with Crippen LogP contribution in [0.2, 0.25) is 0 Å². The summed E-state index contributed by atoms with van der Waals surface area (Å²) in [5, 5.41) is 0.533. The molecule has 0 bridgehead atoms. The van der Waals surface area contributed by atoms with Gasteiger partial charge in [0, 0.05) is 6.42 Å². The van der Waals surface area contributed by atoms with Crippen LogP contribution in [0.15, 0.2) is 0 Å². The summed E-state index contributed by atoms with van der Waals surface area (Å²) in [4.78, 5) is 11.1. The van der Waals surface area contributed by atoms with E-state index in [0.717, 1.165) is 12.8 Å². The molecule has 0 aliphatic carbocycles. The predicted molar refractivity (Wildman–Crippen MR) is 98.3 cm³/mol. The van der Waals surface area contributed by atoms with E-state index in [-0.39, 0.29) is 0 Å². The SMILES string of the molecule is CCCCCCCCCCCCCCCCCC(=O)CBr. The second kappa shape index (κ2) is 18.2. The molecular weight excluding hydrogens is 324 g/mol. The third-order valence-electron chi connectivity index (χ3n) is 4.21. The minimum atomic E-state index is 0.352. The molecule has 126 valence electrons. The number of ketones is 1. The van der Waals surface area contributed by atoms with Crippen LogP contribution in [0.3, 0.4) is 0 Å². The second-order valence-electron chi connectivity index (χ2n) is 6.37. The van der Waals surface area contributed by atoms with Crippen molar-refractivity contribution in [3.05, 3.63) is 0 Å². The highest BCUT2D eigenvalue weighted by Crippen LogP contribution is 2.13. The van der Waals surface area contributed by atoms with E-state index in [1.807, 2.05) is 0 Å². The normalized spacial score (nSPS) is 11.0. The van der Waals surface area contributed by atoms with Crippen molar-refractivity contribution >= 4 is 21.7 Å². The monoisotopic (exact) mass is 360 g/mol. The van der Waals surface area contributed by atoms with Crippen LogP contribution in [0.4, 0.5) is 0 Å². The fourth-order valence-electron chi connectivity index (χ4n) is 2.76. The molecule has 0 aliphatic heterocycles. The molecule has 0 spiro atoms. The van der Waals surface area contributed by atoms with Gasteiger partial charge in [0.25, 0.3) is 0 Å². The topological polar surface area (TPSA) is 17.1 Å². The number of carbonyl (C=O) groups excluding carboxylic acids is 1. The van der Waals surface area contributed by atoms with E-state index in [1.54, 1.807) is 0 Å². The minimum Gasteiger partial charge on any atom is -0.299 e. The van der Waals surface area contributed by atoms with Crippen molar-refractivity contribution in [2.75, 3.05) is 5.33 Å². The van der Waals surface area contributed by atoms with E-state index < -0.39 is 0 Å². The molecule has 0 aromatic heterocycles. The van der Waals surface area contributed by atoms with E-state index in [1.165, 1.54) is 89.9 Å². The number of rotatable bonds is 17. The fraction of sp³-hybridized carbons (Fsp3) is 0.947. The van der Waals surface area contributed by atoms with Crippen molar-refractivity contribution in [3.63, 3.8) is 0 Å². The molecule has 21 heavy (non-hydrogen) atoms. The van der Waals surface area contributed by atoms with Gasteiger partial charge in [-0.15, -0.1) is 0 Å². The first-order valence-electron chi connectivity index (χ1n) is 9.39. The van der Waals surface area contributed by atoms with Crippen molar-refractivity contribution < 1.29 is 4.79 Å². The van der Waals surface area contributed by atoms with Gasteiger partial charge in [0.2, 0.25) is 0 Å². The number of hydrogen-bond acceptors (Lipinski definition) is 1. The van der Waals surface area contributed by atoms with Crippen molar-refractivity contribution in [2.24, 2.45) is 0 Å². The maximum absolute atomic E-state index is 11.1. The Balaban J connectivity index is 2.98. The molecule has 0 radical (unpaired) electrons. The summed E-state index contributed by atoms with van der Waals surface area (Å²) in [5.41, 5.74) is 0. The van der Waals surface area contributed by atoms with Gasteiger partial charge in [-0.3, -0.25) is 4.79 Å². The van der Waals surface area contributed by atoms with E-state index in [4.69, 9.17) is 0 Å². The lowest BCUT2D eigenvalue weighted by Crippen LogP contribution is -1.97. The summed E-state index contributed by atoms with van der Waals surface area (Å²) in [5.74, 6) is 0.352. The summed E-state index contributed by atoms with van der Waals surface area (Å²) >= 11 is 3.21. The quantitative estimate of drug-likeness (QED) is 0.197. The Hall–Kier alpha value is 0.150. The summed E-state index contributed by atoms with van der Waals surface area (Å²) in [6, 6.07) is 0. The van der Waals surface area contributed by atoms with Gasteiger partial charge >= 0.3 is 0 Å². The molecule has 0 aromatic carbocycles. The maximum Gasteiger partial charge on any atom is 0.143 e. The molecule has 0 heterocycles. The molecule has 0 N–H and O–H groups in total. The summed E-state index contributed by atoms with van der Waals surface area (Å²) in [6.45, 7) is 2.28. The van der Waals surface area contributed by atoms with E-state index in [0.29, 0.717) is 11.1 Å². The summed E-state index contributed by atoms with van der Waals surface area (Å²) in [7, 11) is 0. The Labute approximate surface area is 141 Å². The average molecular weight is 361 g/mol. The van der Waals surface area contributed by atoms with Crippen molar-refractivity contribution in [1.82, 2.24) is 0 Å². The molecule has 0 rings (SSSR count). The molecule has 0 fully saturated rings. The first kappa shape index (κ1) is 21.1. The van der Waals surface area contributed by atoms with Gasteiger partial charge in [-0.05, 0) is 6.42 Å². The Morgan fingerprint density at radius 3 is 1.29 bits per heavy atom. The Morgan fingerprint density at radius 1 is 0.619 bits per heavy atom. The van der Waals surface area contributed by atoms with Gasteiger partial charge in [0.05, 0.1) is 5.33 Å². The third-order valence-corrected chi connectivity index (χ3v) is 4.83. The number of hydrogen-bond donors (Lipinski definition) is 0. The lowest BCUT2D eigenvalue weighted by atomic mass is 10.0. The minimum absolute atomic E-state index is 0.352. The van der Waals surface area contributed by atoms with Crippen molar-refractivity contribution in [2.45, 2.75) is 110 Å². The Morgan fingerprint density at radius 2 is 0.952 bits per heavy atom. The molecule has 0 atom stereocenters. The first-order chi connectivity index (χ1) is 10.3. The predicted octanol–water partition coefficient (Wildman–Crippen LogP) is 7.21. The molecule has 0 amide bonds.